The second-order valence-corrected chi connectivity index (χ2v) is 6.05. The molecule has 3 aromatic rings. The molecule has 126 valence electrons. The van der Waals surface area contributed by atoms with Crippen molar-refractivity contribution in [3.05, 3.63) is 54.1 Å². The third kappa shape index (κ3) is 3.78. The Morgan fingerprint density at radius 3 is 2.68 bits per heavy atom. The molecule has 0 aliphatic rings. The lowest BCUT2D eigenvalue weighted by atomic mass is 10.3. The number of nitrogens with one attached hydrogen (secondary N) is 1. The first-order valence-corrected chi connectivity index (χ1v) is 8.27. The van der Waals surface area contributed by atoms with Gasteiger partial charge in [0.15, 0.2) is 16.8 Å². The third-order valence-electron chi connectivity index (χ3n) is 3.43. The van der Waals surface area contributed by atoms with Crippen LogP contribution in [-0.2, 0) is 4.79 Å². The number of carbonyl (C=O) groups excluding carboxylic acids is 1. The summed E-state index contributed by atoms with van der Waals surface area (Å²) in [6.07, 6.45) is 0. The molecular formula is C17H12F2N4OS. The summed E-state index contributed by atoms with van der Waals surface area (Å²) in [7, 11) is 0. The fourth-order valence-corrected chi connectivity index (χ4v) is 3.02. The van der Waals surface area contributed by atoms with Crippen molar-refractivity contribution in [2.75, 3.05) is 17.2 Å². The second-order valence-electron chi connectivity index (χ2n) is 5.09. The Bertz CT molecular complexity index is 913. The summed E-state index contributed by atoms with van der Waals surface area (Å²) in [6.45, 7) is -0.0695. The Morgan fingerprint density at radius 1 is 1.24 bits per heavy atom. The highest BCUT2D eigenvalue weighted by Gasteiger charge is 2.17. The van der Waals surface area contributed by atoms with Crippen LogP contribution in [0.4, 0.5) is 14.5 Å². The van der Waals surface area contributed by atoms with E-state index in [1.807, 2.05) is 12.1 Å². The molecule has 0 spiro atoms. The zero-order valence-electron chi connectivity index (χ0n) is 12.9. The van der Waals surface area contributed by atoms with Gasteiger partial charge in [0.2, 0.25) is 5.91 Å². The summed E-state index contributed by atoms with van der Waals surface area (Å²) < 4.78 is 26.5. The topological polar surface area (TPSA) is 72.8 Å². The maximum Gasteiger partial charge on any atom is 0.238 e. The number of hydrogen-bond donors (Lipinski definition) is 1. The first-order valence-electron chi connectivity index (χ1n) is 7.28. The molecule has 0 bridgehead atoms. The van der Waals surface area contributed by atoms with Crippen LogP contribution in [0, 0.1) is 23.0 Å². The van der Waals surface area contributed by atoms with Crippen LogP contribution in [0.5, 0.6) is 0 Å². The van der Waals surface area contributed by atoms with Crippen LogP contribution in [0.2, 0.25) is 0 Å². The number of amides is 1. The van der Waals surface area contributed by atoms with E-state index in [1.165, 1.54) is 4.90 Å². The molecule has 1 aromatic heterocycles. The van der Waals surface area contributed by atoms with Crippen molar-refractivity contribution in [3.63, 3.8) is 0 Å². The number of carbonyl (C=O) groups is 1. The van der Waals surface area contributed by atoms with Gasteiger partial charge < -0.3 is 4.98 Å². The van der Waals surface area contributed by atoms with Gasteiger partial charge in [-0.2, -0.15) is 5.26 Å². The quantitative estimate of drug-likeness (QED) is 0.560. The first-order chi connectivity index (χ1) is 12.1. The van der Waals surface area contributed by atoms with Crippen LogP contribution in [0.15, 0.2) is 47.6 Å². The lowest BCUT2D eigenvalue weighted by Gasteiger charge is -2.19. The molecular weight excluding hydrogens is 346 g/mol. The Morgan fingerprint density at radius 2 is 1.96 bits per heavy atom. The molecule has 0 saturated carbocycles. The fraction of sp³-hybridized carbons (Fsp3) is 0.118. The summed E-state index contributed by atoms with van der Waals surface area (Å²) >= 11 is 1.10. The number of nitrogens with zero attached hydrogens (tertiary/aromatic N) is 3. The van der Waals surface area contributed by atoms with Gasteiger partial charge in [-0.3, -0.25) is 9.69 Å². The molecule has 1 amide bonds. The molecule has 0 unspecified atom stereocenters. The number of rotatable bonds is 5. The molecule has 8 heteroatoms. The minimum atomic E-state index is -0.976. The molecule has 0 aliphatic carbocycles. The SMILES string of the molecule is N#CCN(C(=O)CSc1nc2cc(F)c(F)cc2[nH]1)c1ccccc1. The van der Waals surface area contributed by atoms with E-state index in [2.05, 4.69) is 9.97 Å². The van der Waals surface area contributed by atoms with E-state index < -0.39 is 11.6 Å². The molecule has 1 heterocycles. The monoisotopic (exact) mass is 358 g/mol. The molecule has 0 fully saturated rings. The summed E-state index contributed by atoms with van der Waals surface area (Å²) in [4.78, 5) is 20.8. The van der Waals surface area contributed by atoms with Crippen LogP contribution in [0.1, 0.15) is 0 Å². The number of benzene rings is 2. The number of para-hydroxylation sites is 1. The lowest BCUT2D eigenvalue weighted by molar-refractivity contribution is -0.116. The lowest BCUT2D eigenvalue weighted by Crippen LogP contribution is -2.32. The number of hydrogen-bond acceptors (Lipinski definition) is 4. The average molecular weight is 358 g/mol. The number of imidazole rings is 1. The normalized spacial score (nSPS) is 10.6. The number of nitriles is 1. The standard InChI is InChI=1S/C17H12F2N4OS/c18-12-8-14-15(9-13(12)19)22-17(21-14)25-10-16(24)23(7-6-20)11-4-2-1-3-5-11/h1-5,8-9H,7,10H2,(H,21,22). The van der Waals surface area contributed by atoms with E-state index >= 15 is 0 Å². The van der Waals surface area contributed by atoms with Gasteiger partial charge in [0.1, 0.15) is 6.54 Å². The molecule has 0 saturated heterocycles. The van der Waals surface area contributed by atoms with Gasteiger partial charge >= 0.3 is 0 Å². The highest BCUT2D eigenvalue weighted by molar-refractivity contribution is 7.99. The van der Waals surface area contributed by atoms with E-state index in [-0.39, 0.29) is 23.7 Å². The maximum absolute atomic E-state index is 13.2. The summed E-state index contributed by atoms with van der Waals surface area (Å²) in [6, 6.07) is 12.9. The first kappa shape index (κ1) is 16.9. The Balaban J connectivity index is 1.73. The van der Waals surface area contributed by atoms with E-state index in [4.69, 9.17) is 5.26 Å². The van der Waals surface area contributed by atoms with Crippen molar-refractivity contribution in [3.8, 4) is 6.07 Å². The van der Waals surface area contributed by atoms with Crippen LogP contribution in [0.3, 0.4) is 0 Å². The van der Waals surface area contributed by atoms with Crippen LogP contribution >= 0.6 is 11.8 Å². The molecule has 1 N–H and O–H groups in total. The highest BCUT2D eigenvalue weighted by Crippen LogP contribution is 2.23. The molecule has 5 nitrogen and oxygen atoms in total. The van der Waals surface area contributed by atoms with Crippen LogP contribution < -0.4 is 4.90 Å². The van der Waals surface area contributed by atoms with Gasteiger partial charge in [-0.25, -0.2) is 13.8 Å². The fourth-order valence-electron chi connectivity index (χ4n) is 2.26. The van der Waals surface area contributed by atoms with Crippen molar-refractivity contribution < 1.29 is 13.6 Å². The second kappa shape index (κ2) is 7.32. The summed E-state index contributed by atoms with van der Waals surface area (Å²) in [5, 5.41) is 9.31. The van der Waals surface area contributed by atoms with Crippen molar-refractivity contribution in [1.29, 1.82) is 5.26 Å². The van der Waals surface area contributed by atoms with Gasteiger partial charge in [-0.05, 0) is 12.1 Å². The van der Waals surface area contributed by atoms with E-state index in [9.17, 15) is 13.6 Å². The number of H-pyrrole nitrogens is 1. The third-order valence-corrected chi connectivity index (χ3v) is 4.29. The van der Waals surface area contributed by atoms with E-state index in [0.29, 0.717) is 16.4 Å². The van der Waals surface area contributed by atoms with Gasteiger partial charge in [0, 0.05) is 17.8 Å². The molecule has 25 heavy (non-hydrogen) atoms. The van der Waals surface area contributed by atoms with Gasteiger partial charge in [-0.1, -0.05) is 30.0 Å². The van der Waals surface area contributed by atoms with Crippen LogP contribution in [0.25, 0.3) is 11.0 Å². The van der Waals surface area contributed by atoms with E-state index in [1.54, 1.807) is 24.3 Å². The Labute approximate surface area is 146 Å². The number of anilines is 1. The van der Waals surface area contributed by atoms with Gasteiger partial charge in [-0.15, -0.1) is 0 Å². The average Bonchev–Trinajstić information content (AvgIpc) is 3.00. The van der Waals surface area contributed by atoms with Crippen molar-refractivity contribution in [2.45, 2.75) is 5.16 Å². The predicted molar refractivity (Wildman–Crippen MR) is 91.1 cm³/mol. The maximum atomic E-state index is 13.2. The predicted octanol–water partition coefficient (Wildman–Crippen LogP) is 3.49. The van der Waals surface area contributed by atoms with E-state index in [0.717, 1.165) is 23.9 Å². The molecule has 2 aromatic carbocycles. The Kier molecular flexibility index (Phi) is 4.95. The number of halogens is 2. The zero-order valence-corrected chi connectivity index (χ0v) is 13.7. The van der Waals surface area contributed by atoms with Crippen molar-refractivity contribution in [1.82, 2.24) is 9.97 Å². The minimum absolute atomic E-state index is 0.0291. The minimum Gasteiger partial charge on any atom is -0.333 e. The number of aromatic amines is 1. The molecule has 0 radical (unpaired) electrons. The highest BCUT2D eigenvalue weighted by atomic mass is 32.2. The van der Waals surface area contributed by atoms with Gasteiger partial charge in [0.25, 0.3) is 0 Å². The molecule has 0 aliphatic heterocycles. The van der Waals surface area contributed by atoms with Crippen molar-refractivity contribution >= 4 is 34.4 Å². The smallest absolute Gasteiger partial charge is 0.238 e. The van der Waals surface area contributed by atoms with Crippen molar-refractivity contribution in [2.24, 2.45) is 0 Å². The molecule has 3 rings (SSSR count). The largest absolute Gasteiger partial charge is 0.333 e. The van der Waals surface area contributed by atoms with Gasteiger partial charge in [0.05, 0.1) is 22.9 Å². The molecule has 0 atom stereocenters. The number of fused-ring (bicyclic) bond motifs is 1. The zero-order chi connectivity index (χ0) is 17.8. The summed E-state index contributed by atoms with van der Waals surface area (Å²) in [5.74, 6) is -2.18. The van der Waals surface area contributed by atoms with Crippen LogP contribution in [-0.4, -0.2) is 28.2 Å². The summed E-state index contributed by atoms with van der Waals surface area (Å²) in [5.41, 5.74) is 1.26. The Hall–Kier alpha value is -2.92. The number of thioether (sulfide) groups is 1. The number of aromatic nitrogens is 2.